The molecule has 0 bridgehead atoms. The molecule has 138 valence electrons. The number of piperidine rings is 1. The Morgan fingerprint density at radius 1 is 1.28 bits per heavy atom. The standard InChI is InChI=1S/C16H23N3O5S/c1-24-14-7-5-12(6-8-14)15(20)11-19-9-3-4-13(10-19)16(21)17-18-25(2,22)23/h5-8,13,18H,3-4,9-11H2,1-2H3,(H,17,21). The minimum Gasteiger partial charge on any atom is -0.497 e. The number of hydrazine groups is 1. The van der Waals surface area contributed by atoms with Gasteiger partial charge in [-0.15, -0.1) is 4.83 Å². The molecule has 1 fully saturated rings. The van der Waals surface area contributed by atoms with Crippen molar-refractivity contribution in [1.29, 1.82) is 0 Å². The Morgan fingerprint density at radius 2 is 1.96 bits per heavy atom. The van der Waals surface area contributed by atoms with E-state index in [0.29, 0.717) is 24.3 Å². The van der Waals surface area contributed by atoms with Gasteiger partial charge in [-0.25, -0.2) is 8.42 Å². The molecule has 2 N–H and O–H groups in total. The summed E-state index contributed by atoms with van der Waals surface area (Å²) in [6.07, 6.45) is 2.39. The molecule has 1 aliphatic heterocycles. The Balaban J connectivity index is 1.89. The highest BCUT2D eigenvalue weighted by Crippen LogP contribution is 2.18. The molecule has 1 aromatic rings. The van der Waals surface area contributed by atoms with Crippen molar-refractivity contribution in [3.8, 4) is 5.75 Å². The third-order valence-electron chi connectivity index (χ3n) is 4.02. The number of Topliss-reactive ketones (excluding diaryl/α,β-unsaturated/α-hetero) is 1. The van der Waals surface area contributed by atoms with Crippen LogP contribution in [0.3, 0.4) is 0 Å². The predicted molar refractivity (Wildman–Crippen MR) is 92.6 cm³/mol. The van der Waals surface area contributed by atoms with Crippen LogP contribution in [-0.4, -0.2) is 58.0 Å². The van der Waals surface area contributed by atoms with Crippen LogP contribution in [0.25, 0.3) is 0 Å². The molecule has 2 rings (SSSR count). The van der Waals surface area contributed by atoms with Gasteiger partial charge in [0.2, 0.25) is 15.9 Å². The second-order valence-electron chi connectivity index (χ2n) is 6.09. The Bertz CT molecular complexity index is 718. The summed E-state index contributed by atoms with van der Waals surface area (Å²) in [5, 5.41) is 0. The molecule has 1 aliphatic rings. The van der Waals surface area contributed by atoms with Crippen LogP contribution in [0.4, 0.5) is 0 Å². The number of ketones is 1. The topological polar surface area (TPSA) is 105 Å². The molecule has 0 aliphatic carbocycles. The van der Waals surface area contributed by atoms with Crippen LogP contribution in [0.15, 0.2) is 24.3 Å². The fraction of sp³-hybridized carbons (Fsp3) is 0.500. The lowest BCUT2D eigenvalue weighted by molar-refractivity contribution is -0.127. The van der Waals surface area contributed by atoms with Gasteiger partial charge in [0.25, 0.3) is 0 Å². The van der Waals surface area contributed by atoms with Crippen molar-refractivity contribution in [3.63, 3.8) is 0 Å². The number of ether oxygens (including phenoxy) is 1. The molecule has 0 aromatic heterocycles. The first-order chi connectivity index (χ1) is 11.8. The molecule has 9 heteroatoms. The average Bonchev–Trinajstić information content (AvgIpc) is 2.59. The number of methoxy groups -OCH3 is 1. The molecule has 1 aromatic carbocycles. The first kappa shape index (κ1) is 19.4. The maximum Gasteiger partial charge on any atom is 0.239 e. The quantitative estimate of drug-likeness (QED) is 0.524. The van der Waals surface area contributed by atoms with Gasteiger partial charge in [0.1, 0.15) is 5.75 Å². The summed E-state index contributed by atoms with van der Waals surface area (Å²) in [5.41, 5.74) is 2.80. The van der Waals surface area contributed by atoms with Crippen LogP contribution in [0.2, 0.25) is 0 Å². The molecule has 1 amide bonds. The summed E-state index contributed by atoms with van der Waals surface area (Å²) in [6.45, 7) is 1.36. The van der Waals surface area contributed by atoms with E-state index in [1.807, 2.05) is 9.73 Å². The average molecular weight is 369 g/mol. The highest BCUT2D eigenvalue weighted by Gasteiger charge is 2.27. The largest absolute Gasteiger partial charge is 0.497 e. The summed E-state index contributed by atoms with van der Waals surface area (Å²) >= 11 is 0. The number of likely N-dealkylation sites (tertiary alicyclic amines) is 1. The van der Waals surface area contributed by atoms with Gasteiger partial charge in [-0.05, 0) is 43.7 Å². The van der Waals surface area contributed by atoms with E-state index < -0.39 is 10.0 Å². The van der Waals surface area contributed by atoms with E-state index in [4.69, 9.17) is 4.74 Å². The van der Waals surface area contributed by atoms with E-state index in [0.717, 1.165) is 19.2 Å². The third kappa shape index (κ3) is 6.11. The van der Waals surface area contributed by atoms with Gasteiger partial charge >= 0.3 is 0 Å². The summed E-state index contributed by atoms with van der Waals surface area (Å²) in [5.74, 6) is -0.0821. The SMILES string of the molecule is COc1ccc(C(=O)CN2CCCC(C(=O)NNS(C)(=O)=O)C2)cc1. The lowest BCUT2D eigenvalue weighted by Crippen LogP contribution is -2.49. The molecule has 0 radical (unpaired) electrons. The van der Waals surface area contributed by atoms with Crippen molar-refractivity contribution < 1.29 is 22.7 Å². The smallest absolute Gasteiger partial charge is 0.239 e. The number of hydrogen-bond acceptors (Lipinski definition) is 6. The predicted octanol–water partition coefficient (Wildman–Crippen LogP) is 0.170. The lowest BCUT2D eigenvalue weighted by atomic mass is 9.97. The van der Waals surface area contributed by atoms with Gasteiger partial charge in [-0.1, -0.05) is 0 Å². The maximum atomic E-state index is 12.4. The highest BCUT2D eigenvalue weighted by atomic mass is 32.2. The number of benzene rings is 1. The minimum absolute atomic E-state index is 0.0297. The molecular weight excluding hydrogens is 346 g/mol. The molecule has 0 spiro atoms. The van der Waals surface area contributed by atoms with E-state index in [-0.39, 0.29) is 24.2 Å². The zero-order chi connectivity index (χ0) is 18.4. The van der Waals surface area contributed by atoms with Crippen LogP contribution in [0, 0.1) is 5.92 Å². The Morgan fingerprint density at radius 3 is 2.56 bits per heavy atom. The van der Waals surface area contributed by atoms with Crippen molar-refractivity contribution >= 4 is 21.7 Å². The molecular formula is C16H23N3O5S. The molecule has 1 unspecified atom stereocenters. The number of amides is 1. The lowest BCUT2D eigenvalue weighted by Gasteiger charge is -2.31. The van der Waals surface area contributed by atoms with Crippen molar-refractivity contribution in [2.75, 3.05) is 33.0 Å². The van der Waals surface area contributed by atoms with Crippen LogP contribution in [0.5, 0.6) is 5.75 Å². The summed E-state index contributed by atoms with van der Waals surface area (Å²) < 4.78 is 27.2. The monoisotopic (exact) mass is 369 g/mol. The zero-order valence-corrected chi connectivity index (χ0v) is 15.1. The second-order valence-corrected chi connectivity index (χ2v) is 7.84. The van der Waals surface area contributed by atoms with Crippen LogP contribution >= 0.6 is 0 Å². The van der Waals surface area contributed by atoms with Gasteiger partial charge in [-0.3, -0.25) is 19.9 Å². The Hall–Kier alpha value is -1.97. The van der Waals surface area contributed by atoms with Gasteiger partial charge in [0, 0.05) is 12.1 Å². The number of sulfonamides is 1. The van der Waals surface area contributed by atoms with Gasteiger partial charge in [0.05, 0.1) is 25.8 Å². The van der Waals surface area contributed by atoms with E-state index in [9.17, 15) is 18.0 Å². The number of rotatable bonds is 7. The maximum absolute atomic E-state index is 12.4. The Kier molecular flexibility index (Phi) is 6.51. The molecule has 1 heterocycles. The van der Waals surface area contributed by atoms with Crippen LogP contribution < -0.4 is 15.0 Å². The van der Waals surface area contributed by atoms with Crippen molar-refractivity contribution in [3.05, 3.63) is 29.8 Å². The third-order valence-corrected chi connectivity index (χ3v) is 4.49. The number of nitrogens with one attached hydrogen (secondary N) is 2. The van der Waals surface area contributed by atoms with E-state index >= 15 is 0 Å². The van der Waals surface area contributed by atoms with Crippen LogP contribution in [0.1, 0.15) is 23.2 Å². The fourth-order valence-electron chi connectivity index (χ4n) is 2.73. The zero-order valence-electron chi connectivity index (χ0n) is 14.3. The summed E-state index contributed by atoms with van der Waals surface area (Å²) in [4.78, 5) is 28.3. The number of nitrogens with zero attached hydrogens (tertiary/aromatic N) is 1. The highest BCUT2D eigenvalue weighted by molar-refractivity contribution is 7.88. The van der Waals surface area contributed by atoms with Crippen molar-refractivity contribution in [2.24, 2.45) is 5.92 Å². The summed E-state index contributed by atoms with van der Waals surface area (Å²) in [7, 11) is -1.93. The van der Waals surface area contributed by atoms with Crippen LogP contribution in [-0.2, 0) is 14.8 Å². The molecule has 1 atom stereocenters. The number of hydrogen-bond donors (Lipinski definition) is 2. The van der Waals surface area contributed by atoms with E-state index in [1.54, 1.807) is 31.4 Å². The normalized spacial score (nSPS) is 18.6. The van der Waals surface area contributed by atoms with E-state index in [1.165, 1.54) is 0 Å². The van der Waals surface area contributed by atoms with Gasteiger partial charge < -0.3 is 4.74 Å². The minimum atomic E-state index is -3.49. The van der Waals surface area contributed by atoms with Gasteiger partial charge in [0.15, 0.2) is 5.78 Å². The second kappa shape index (κ2) is 8.41. The molecule has 1 saturated heterocycles. The Labute approximate surface area is 147 Å². The van der Waals surface area contributed by atoms with E-state index in [2.05, 4.69) is 5.43 Å². The fourth-order valence-corrected chi connectivity index (χ4v) is 3.02. The number of carbonyl (C=O) groups excluding carboxylic acids is 2. The molecule has 25 heavy (non-hydrogen) atoms. The van der Waals surface area contributed by atoms with Crippen molar-refractivity contribution in [1.82, 2.24) is 15.2 Å². The summed E-state index contributed by atoms with van der Waals surface area (Å²) in [6, 6.07) is 6.89. The van der Waals surface area contributed by atoms with Crippen molar-refractivity contribution in [2.45, 2.75) is 12.8 Å². The molecule has 8 nitrogen and oxygen atoms in total. The first-order valence-electron chi connectivity index (χ1n) is 7.95. The first-order valence-corrected chi connectivity index (χ1v) is 9.84. The number of carbonyl (C=O) groups is 2. The molecule has 0 saturated carbocycles. The van der Waals surface area contributed by atoms with Gasteiger partial charge in [-0.2, -0.15) is 0 Å².